The van der Waals surface area contributed by atoms with Gasteiger partial charge in [0.25, 0.3) is 0 Å². The van der Waals surface area contributed by atoms with Gasteiger partial charge in [0.15, 0.2) is 0 Å². The Hall–Kier alpha value is -3.35. The molecule has 0 atom stereocenters. The Morgan fingerprint density at radius 1 is 1.14 bits per heavy atom. The number of rotatable bonds is 3. The fourth-order valence-electron chi connectivity index (χ4n) is 3.17. The van der Waals surface area contributed by atoms with Crippen LogP contribution in [0.3, 0.4) is 0 Å². The van der Waals surface area contributed by atoms with Gasteiger partial charge in [-0.2, -0.15) is 5.10 Å². The van der Waals surface area contributed by atoms with Crippen LogP contribution in [0.2, 0.25) is 0 Å². The molecule has 7 nitrogen and oxygen atoms in total. The molecule has 0 aromatic carbocycles. The van der Waals surface area contributed by atoms with Gasteiger partial charge in [-0.1, -0.05) is 20.8 Å². The first-order valence-electron chi connectivity index (χ1n) is 9.28. The van der Waals surface area contributed by atoms with Crippen LogP contribution >= 0.6 is 0 Å². The number of anilines is 1. The van der Waals surface area contributed by atoms with Crippen LogP contribution in [-0.4, -0.2) is 19.7 Å². The van der Waals surface area contributed by atoms with Gasteiger partial charge in [-0.15, -0.1) is 0 Å². The van der Waals surface area contributed by atoms with E-state index >= 15 is 0 Å². The Kier molecular flexibility index (Phi) is 4.30. The van der Waals surface area contributed by atoms with Crippen molar-refractivity contribution in [3.8, 4) is 11.1 Å². The lowest BCUT2D eigenvalue weighted by atomic mass is 9.86. The van der Waals surface area contributed by atoms with Crippen molar-refractivity contribution in [1.82, 2.24) is 30.6 Å². The van der Waals surface area contributed by atoms with Crippen LogP contribution in [0.15, 0.2) is 54.3 Å². The number of aromatic nitrogens is 4. The van der Waals surface area contributed by atoms with E-state index in [0.29, 0.717) is 0 Å². The zero-order chi connectivity index (χ0) is 19.9. The van der Waals surface area contributed by atoms with Crippen molar-refractivity contribution >= 4 is 16.9 Å². The van der Waals surface area contributed by atoms with Crippen LogP contribution in [0, 0.1) is 12.3 Å². The minimum atomic E-state index is 0.0548. The first-order valence-corrected chi connectivity index (χ1v) is 9.28. The summed E-state index contributed by atoms with van der Waals surface area (Å²) < 4.78 is 1.81. The van der Waals surface area contributed by atoms with Crippen LogP contribution in [0.25, 0.3) is 22.2 Å². The molecule has 4 heterocycles. The molecule has 0 fully saturated rings. The Morgan fingerprint density at radius 2 is 1.96 bits per heavy atom. The average molecular weight is 375 g/mol. The topological polar surface area (TPSA) is 79.7 Å². The first kappa shape index (κ1) is 18.0. The van der Waals surface area contributed by atoms with Gasteiger partial charge in [0.2, 0.25) is 0 Å². The number of hydrogen-bond donors (Lipinski definition) is 3. The molecule has 7 heteroatoms. The van der Waals surface area contributed by atoms with Crippen molar-refractivity contribution in [2.75, 3.05) is 5.32 Å². The van der Waals surface area contributed by atoms with Crippen LogP contribution in [0.5, 0.6) is 0 Å². The summed E-state index contributed by atoms with van der Waals surface area (Å²) in [5.41, 5.74) is 12.2. The molecule has 1 aliphatic rings. The average Bonchev–Trinajstić information content (AvgIpc) is 2.99. The summed E-state index contributed by atoms with van der Waals surface area (Å²) in [6.45, 7) is 8.55. The van der Waals surface area contributed by atoms with Gasteiger partial charge < -0.3 is 10.7 Å². The smallest absolute Gasteiger partial charge is 0.132 e. The van der Waals surface area contributed by atoms with Crippen molar-refractivity contribution in [3.05, 3.63) is 60.0 Å². The maximum Gasteiger partial charge on any atom is 0.132 e. The van der Waals surface area contributed by atoms with Gasteiger partial charge in [0, 0.05) is 36.8 Å². The minimum absolute atomic E-state index is 0.0548. The highest BCUT2D eigenvalue weighted by Crippen LogP contribution is 2.28. The lowest BCUT2D eigenvalue weighted by molar-refractivity contribution is 0.502. The van der Waals surface area contributed by atoms with E-state index in [0.717, 1.165) is 39.5 Å². The van der Waals surface area contributed by atoms with Crippen molar-refractivity contribution < 1.29 is 0 Å². The van der Waals surface area contributed by atoms with E-state index in [9.17, 15) is 0 Å². The second-order valence-corrected chi connectivity index (χ2v) is 8.06. The molecule has 0 bridgehead atoms. The molecule has 28 heavy (non-hydrogen) atoms. The molecule has 0 saturated heterocycles. The van der Waals surface area contributed by atoms with Gasteiger partial charge in [0.1, 0.15) is 11.6 Å². The van der Waals surface area contributed by atoms with E-state index < -0.39 is 0 Å². The molecule has 0 amide bonds. The molecular weight excluding hydrogens is 350 g/mol. The zero-order valence-corrected chi connectivity index (χ0v) is 16.8. The number of fused-ring (bicyclic) bond motifs is 1. The monoisotopic (exact) mass is 375 g/mol. The Bertz CT molecular complexity index is 1100. The molecule has 3 aromatic heterocycles. The number of allylic oxidation sites excluding steroid dienone is 2. The number of nitrogens with zero attached hydrogens (tertiary/aromatic N) is 4. The summed E-state index contributed by atoms with van der Waals surface area (Å²) in [6, 6.07) is 5.96. The van der Waals surface area contributed by atoms with Crippen LogP contribution < -0.4 is 16.2 Å². The predicted molar refractivity (Wildman–Crippen MR) is 112 cm³/mol. The van der Waals surface area contributed by atoms with Crippen LogP contribution in [0.4, 0.5) is 5.82 Å². The van der Waals surface area contributed by atoms with E-state index in [2.05, 4.69) is 59.2 Å². The lowest BCUT2D eigenvalue weighted by Gasteiger charge is -2.26. The molecule has 4 rings (SSSR count). The Labute approximate surface area is 164 Å². The largest absolute Gasteiger partial charge is 0.325 e. The van der Waals surface area contributed by atoms with E-state index in [1.54, 1.807) is 0 Å². The predicted octanol–water partition coefficient (Wildman–Crippen LogP) is 3.63. The standard InChI is InChI=1S/C21H25N7/c1-13-16(12-28(5)27-13)14-8-18-17(22-10-14)6-7-19(24-18)25-20-9-15(11-23-26-20)21(2,3)4/h6-12,23,26H,1-5H3,(H,24,25). The maximum atomic E-state index is 4.75. The first-order chi connectivity index (χ1) is 13.3. The SMILES string of the molecule is Cc1nn(C)cc1-c1cnc2ccc(NC3=CC(C(C)(C)C)=CNN3)nc2c1. The molecular formula is C21H25N7. The van der Waals surface area contributed by atoms with Gasteiger partial charge in [0.05, 0.1) is 16.7 Å². The summed E-state index contributed by atoms with van der Waals surface area (Å²) in [7, 11) is 1.92. The molecule has 0 aliphatic carbocycles. The highest BCUT2D eigenvalue weighted by Gasteiger charge is 2.18. The van der Waals surface area contributed by atoms with Crippen molar-refractivity contribution in [2.45, 2.75) is 27.7 Å². The Balaban J connectivity index is 1.65. The summed E-state index contributed by atoms with van der Waals surface area (Å²) >= 11 is 0. The molecule has 0 radical (unpaired) electrons. The van der Waals surface area contributed by atoms with E-state index in [4.69, 9.17) is 4.98 Å². The van der Waals surface area contributed by atoms with Gasteiger partial charge in [-0.25, -0.2) is 4.98 Å². The second kappa shape index (κ2) is 6.67. The quantitative estimate of drug-likeness (QED) is 0.649. The molecule has 3 N–H and O–H groups in total. The number of pyridine rings is 2. The number of aryl methyl sites for hydroxylation is 2. The van der Waals surface area contributed by atoms with E-state index in [1.165, 1.54) is 5.57 Å². The Morgan fingerprint density at radius 3 is 2.68 bits per heavy atom. The van der Waals surface area contributed by atoms with Crippen LogP contribution in [-0.2, 0) is 7.05 Å². The minimum Gasteiger partial charge on any atom is -0.325 e. The zero-order valence-electron chi connectivity index (χ0n) is 16.8. The van der Waals surface area contributed by atoms with Crippen molar-refractivity contribution in [1.29, 1.82) is 0 Å². The van der Waals surface area contributed by atoms with Crippen molar-refractivity contribution in [2.24, 2.45) is 12.5 Å². The normalized spacial score (nSPS) is 14.2. The maximum absolute atomic E-state index is 4.75. The third-order valence-electron chi connectivity index (χ3n) is 4.72. The molecule has 1 aliphatic heterocycles. The third-order valence-corrected chi connectivity index (χ3v) is 4.72. The fourth-order valence-corrected chi connectivity index (χ4v) is 3.17. The molecule has 0 unspecified atom stereocenters. The second-order valence-electron chi connectivity index (χ2n) is 8.06. The lowest BCUT2D eigenvalue weighted by Crippen LogP contribution is -2.34. The van der Waals surface area contributed by atoms with Crippen molar-refractivity contribution in [3.63, 3.8) is 0 Å². The molecule has 3 aromatic rings. The van der Waals surface area contributed by atoms with E-state index in [-0.39, 0.29) is 5.41 Å². The summed E-state index contributed by atoms with van der Waals surface area (Å²) in [4.78, 5) is 9.31. The van der Waals surface area contributed by atoms with Gasteiger partial charge in [-0.05, 0) is 42.2 Å². The molecule has 0 saturated carbocycles. The number of hydrazine groups is 1. The molecule has 0 spiro atoms. The summed E-state index contributed by atoms with van der Waals surface area (Å²) in [5.74, 6) is 1.61. The highest BCUT2D eigenvalue weighted by molar-refractivity contribution is 5.82. The van der Waals surface area contributed by atoms with Gasteiger partial charge in [-0.3, -0.25) is 15.1 Å². The third kappa shape index (κ3) is 3.55. The van der Waals surface area contributed by atoms with E-state index in [1.807, 2.05) is 49.4 Å². The molecule has 144 valence electrons. The number of nitrogens with one attached hydrogen (secondary N) is 3. The number of hydrogen-bond acceptors (Lipinski definition) is 6. The summed E-state index contributed by atoms with van der Waals surface area (Å²) in [5, 5.41) is 7.76. The van der Waals surface area contributed by atoms with Crippen LogP contribution in [0.1, 0.15) is 26.5 Å². The summed E-state index contributed by atoms with van der Waals surface area (Å²) in [6.07, 6.45) is 7.95. The highest BCUT2D eigenvalue weighted by atomic mass is 15.4. The fraction of sp³-hybridized carbons (Fsp3) is 0.286. The van der Waals surface area contributed by atoms with Gasteiger partial charge >= 0.3 is 0 Å².